The van der Waals surface area contributed by atoms with Gasteiger partial charge in [-0.25, -0.2) is 0 Å². The second-order valence-electron chi connectivity index (χ2n) is 4.72. The molecule has 4 heteroatoms. The number of ether oxygens (including phenoxy) is 1. The van der Waals surface area contributed by atoms with Gasteiger partial charge in [-0.3, -0.25) is 0 Å². The van der Waals surface area contributed by atoms with E-state index in [-0.39, 0.29) is 0 Å². The number of benzene rings is 2. The summed E-state index contributed by atoms with van der Waals surface area (Å²) >= 11 is 9.38. The summed E-state index contributed by atoms with van der Waals surface area (Å²) in [5.74, 6) is 0.809. The molecule has 0 unspecified atom stereocenters. The molecule has 0 saturated carbocycles. The molecule has 0 amide bonds. The van der Waals surface area contributed by atoms with E-state index in [1.165, 1.54) is 0 Å². The van der Waals surface area contributed by atoms with Crippen molar-refractivity contribution in [2.24, 2.45) is 0 Å². The quantitative estimate of drug-likeness (QED) is 0.477. The Labute approximate surface area is 144 Å². The van der Waals surface area contributed by atoms with Crippen molar-refractivity contribution in [3.05, 3.63) is 63.1 Å². The number of allylic oxidation sites excluding steroid dienone is 1. The first-order valence-corrected chi connectivity index (χ1v) is 8.11. The Hall–Kier alpha value is -1.76. The molecule has 0 N–H and O–H groups in total. The van der Waals surface area contributed by atoms with Gasteiger partial charge >= 0.3 is 0 Å². The van der Waals surface area contributed by atoms with Crippen molar-refractivity contribution in [3.8, 4) is 11.8 Å². The zero-order valence-corrected chi connectivity index (χ0v) is 14.5. The van der Waals surface area contributed by atoms with Gasteiger partial charge in [-0.05, 0) is 63.8 Å². The predicted octanol–water partition coefficient (Wildman–Crippen LogP) is 5.96. The summed E-state index contributed by atoms with van der Waals surface area (Å²) in [7, 11) is 0. The highest BCUT2D eigenvalue weighted by Crippen LogP contribution is 2.28. The van der Waals surface area contributed by atoms with Crippen molar-refractivity contribution in [1.82, 2.24) is 0 Å². The molecule has 2 rings (SSSR count). The number of nitriles is 1. The standard InChI is InChI=1S/C18H15BrClNO/c1-2-9-22-18-8-3-13(11-17(18)19)10-15(12-21)14-4-6-16(20)7-5-14/h3-8,10-11H,2,9H2,1H3/b15-10+. The molecule has 0 aliphatic heterocycles. The second kappa shape index (κ2) is 8.03. The van der Waals surface area contributed by atoms with Crippen molar-refractivity contribution >= 4 is 39.2 Å². The molecule has 2 nitrogen and oxygen atoms in total. The SMILES string of the molecule is CCCOc1ccc(/C=C(\C#N)c2ccc(Cl)cc2)cc1Br. The van der Waals surface area contributed by atoms with Crippen molar-refractivity contribution in [1.29, 1.82) is 5.26 Å². The minimum atomic E-state index is 0.589. The highest BCUT2D eigenvalue weighted by molar-refractivity contribution is 9.10. The third-order valence-corrected chi connectivity index (χ3v) is 3.88. The van der Waals surface area contributed by atoms with Crippen LogP contribution < -0.4 is 4.74 Å². The minimum absolute atomic E-state index is 0.589. The van der Waals surface area contributed by atoms with E-state index in [1.54, 1.807) is 12.1 Å². The van der Waals surface area contributed by atoms with Gasteiger partial charge in [0, 0.05) is 5.02 Å². The number of rotatable bonds is 5. The summed E-state index contributed by atoms with van der Waals surface area (Å²) < 4.78 is 6.50. The monoisotopic (exact) mass is 375 g/mol. The Kier molecular flexibility index (Phi) is 6.06. The number of hydrogen-bond acceptors (Lipinski definition) is 2. The van der Waals surface area contributed by atoms with Crippen LogP contribution in [-0.2, 0) is 0 Å². The van der Waals surface area contributed by atoms with Crippen LogP contribution in [-0.4, -0.2) is 6.61 Å². The van der Waals surface area contributed by atoms with Crippen molar-refractivity contribution in [3.63, 3.8) is 0 Å². The van der Waals surface area contributed by atoms with Crippen molar-refractivity contribution in [2.45, 2.75) is 13.3 Å². The first-order chi connectivity index (χ1) is 10.6. The van der Waals surface area contributed by atoms with Crippen LogP contribution in [0.2, 0.25) is 5.02 Å². The largest absolute Gasteiger partial charge is 0.492 e. The Bertz CT molecular complexity index is 717. The number of halogens is 2. The number of nitrogens with zero attached hydrogens (tertiary/aromatic N) is 1. The van der Waals surface area contributed by atoms with Crippen LogP contribution in [0.25, 0.3) is 11.6 Å². The predicted molar refractivity (Wildman–Crippen MR) is 94.9 cm³/mol. The molecule has 112 valence electrons. The molecule has 0 aromatic heterocycles. The average Bonchev–Trinajstić information content (AvgIpc) is 2.53. The van der Waals surface area contributed by atoms with Gasteiger partial charge in [-0.2, -0.15) is 5.26 Å². The van der Waals surface area contributed by atoms with Crippen LogP contribution >= 0.6 is 27.5 Å². The lowest BCUT2D eigenvalue weighted by atomic mass is 10.0. The molecule has 0 atom stereocenters. The zero-order chi connectivity index (χ0) is 15.9. The maximum Gasteiger partial charge on any atom is 0.133 e. The Morgan fingerprint density at radius 2 is 2.00 bits per heavy atom. The Morgan fingerprint density at radius 3 is 2.59 bits per heavy atom. The molecule has 0 spiro atoms. The summed E-state index contributed by atoms with van der Waals surface area (Å²) in [5, 5.41) is 10.0. The lowest BCUT2D eigenvalue weighted by Crippen LogP contribution is -1.95. The number of hydrogen-bond donors (Lipinski definition) is 0. The van der Waals surface area contributed by atoms with E-state index in [1.807, 2.05) is 36.4 Å². The molecule has 0 fully saturated rings. The second-order valence-corrected chi connectivity index (χ2v) is 6.01. The fourth-order valence-electron chi connectivity index (χ4n) is 1.91. The molecule has 0 aliphatic rings. The van der Waals surface area contributed by atoms with E-state index >= 15 is 0 Å². The molecule has 0 aliphatic carbocycles. The van der Waals surface area contributed by atoms with Crippen molar-refractivity contribution in [2.75, 3.05) is 6.61 Å². The fourth-order valence-corrected chi connectivity index (χ4v) is 2.55. The molecule has 0 radical (unpaired) electrons. The summed E-state index contributed by atoms with van der Waals surface area (Å²) in [4.78, 5) is 0. The molecule has 2 aromatic rings. The lowest BCUT2D eigenvalue weighted by molar-refractivity contribution is 0.315. The van der Waals surface area contributed by atoms with E-state index in [2.05, 4.69) is 28.9 Å². The van der Waals surface area contributed by atoms with Gasteiger partial charge in [0.15, 0.2) is 0 Å². The van der Waals surface area contributed by atoms with Gasteiger partial charge in [0.1, 0.15) is 5.75 Å². The van der Waals surface area contributed by atoms with Crippen LogP contribution in [0.5, 0.6) is 5.75 Å². The van der Waals surface area contributed by atoms with Gasteiger partial charge in [0.25, 0.3) is 0 Å². The highest BCUT2D eigenvalue weighted by atomic mass is 79.9. The molecule has 2 aromatic carbocycles. The minimum Gasteiger partial charge on any atom is -0.492 e. The molecule has 0 saturated heterocycles. The first kappa shape index (κ1) is 16.6. The summed E-state index contributed by atoms with van der Waals surface area (Å²) in [6.45, 7) is 2.75. The van der Waals surface area contributed by atoms with E-state index in [4.69, 9.17) is 16.3 Å². The third kappa shape index (κ3) is 4.37. The Morgan fingerprint density at radius 1 is 1.27 bits per heavy atom. The van der Waals surface area contributed by atoms with E-state index in [0.29, 0.717) is 17.2 Å². The van der Waals surface area contributed by atoms with Gasteiger partial charge in [-0.1, -0.05) is 36.7 Å². The maximum absolute atomic E-state index is 9.36. The van der Waals surface area contributed by atoms with Crippen LogP contribution in [0.15, 0.2) is 46.9 Å². The Balaban J connectivity index is 2.28. The van der Waals surface area contributed by atoms with E-state index in [0.717, 1.165) is 27.8 Å². The molecule has 22 heavy (non-hydrogen) atoms. The molecule has 0 heterocycles. The van der Waals surface area contributed by atoms with Gasteiger partial charge in [0.2, 0.25) is 0 Å². The van der Waals surface area contributed by atoms with Crippen LogP contribution in [0.4, 0.5) is 0 Å². The van der Waals surface area contributed by atoms with Crippen molar-refractivity contribution < 1.29 is 4.74 Å². The van der Waals surface area contributed by atoms with E-state index in [9.17, 15) is 5.26 Å². The summed E-state index contributed by atoms with van der Waals surface area (Å²) in [5.41, 5.74) is 2.36. The lowest BCUT2D eigenvalue weighted by Gasteiger charge is -2.08. The third-order valence-electron chi connectivity index (χ3n) is 3.00. The topological polar surface area (TPSA) is 33.0 Å². The van der Waals surface area contributed by atoms with E-state index < -0.39 is 0 Å². The smallest absolute Gasteiger partial charge is 0.133 e. The summed E-state index contributed by atoms with van der Waals surface area (Å²) in [6.07, 6.45) is 2.81. The maximum atomic E-state index is 9.36. The molecular formula is C18H15BrClNO. The highest BCUT2D eigenvalue weighted by Gasteiger charge is 2.04. The van der Waals surface area contributed by atoms with Crippen LogP contribution in [0.1, 0.15) is 24.5 Å². The fraction of sp³-hybridized carbons (Fsp3) is 0.167. The average molecular weight is 377 g/mol. The first-order valence-electron chi connectivity index (χ1n) is 6.94. The van der Waals surface area contributed by atoms with Gasteiger partial charge < -0.3 is 4.74 Å². The zero-order valence-electron chi connectivity index (χ0n) is 12.1. The van der Waals surface area contributed by atoms with Gasteiger partial charge in [-0.15, -0.1) is 0 Å². The molecule has 0 bridgehead atoms. The normalized spacial score (nSPS) is 11.1. The van der Waals surface area contributed by atoms with Crippen LogP contribution in [0.3, 0.4) is 0 Å². The van der Waals surface area contributed by atoms with Crippen LogP contribution in [0, 0.1) is 11.3 Å². The van der Waals surface area contributed by atoms with Gasteiger partial charge in [0.05, 0.1) is 22.7 Å². The summed E-state index contributed by atoms with van der Waals surface area (Å²) in [6, 6.07) is 15.2. The molecular weight excluding hydrogens is 362 g/mol.